The molecule has 0 bridgehead atoms. The molecule has 0 spiro atoms. The molecule has 0 saturated heterocycles. The van der Waals surface area contributed by atoms with E-state index in [1.54, 1.807) is 0 Å². The highest BCUT2D eigenvalue weighted by molar-refractivity contribution is 5.91. The fourth-order valence-corrected chi connectivity index (χ4v) is 1.66. The van der Waals surface area contributed by atoms with Gasteiger partial charge >= 0.3 is 0 Å². The van der Waals surface area contributed by atoms with E-state index in [4.69, 9.17) is 0 Å². The minimum atomic E-state index is 0.781. The summed E-state index contributed by atoms with van der Waals surface area (Å²) < 4.78 is 0. The zero-order valence-electron chi connectivity index (χ0n) is 8.89. The number of anilines is 1. The van der Waals surface area contributed by atoms with Crippen molar-refractivity contribution in [3.05, 3.63) is 17.1 Å². The van der Waals surface area contributed by atoms with Crippen molar-refractivity contribution < 1.29 is 0 Å². The number of fused-ring (bicyclic) bond motifs is 1. The summed E-state index contributed by atoms with van der Waals surface area (Å²) in [5, 5.41) is 4.19. The van der Waals surface area contributed by atoms with Crippen LogP contribution in [-0.4, -0.2) is 22.0 Å². The normalized spacial score (nSPS) is 10.9. The van der Waals surface area contributed by atoms with E-state index in [-0.39, 0.29) is 0 Å². The fourth-order valence-electron chi connectivity index (χ4n) is 1.66. The third kappa shape index (κ3) is 1.14. The SMILES string of the molecule is CNc1nc(C)nc2[nH]c(C)c(C)c12. The zero-order valence-corrected chi connectivity index (χ0v) is 8.89. The highest BCUT2D eigenvalue weighted by Crippen LogP contribution is 2.25. The summed E-state index contributed by atoms with van der Waals surface area (Å²) in [6.45, 7) is 6.02. The van der Waals surface area contributed by atoms with Gasteiger partial charge in [-0.05, 0) is 26.3 Å². The average molecular weight is 190 g/mol. The molecule has 0 aliphatic rings. The van der Waals surface area contributed by atoms with Crippen LogP contribution in [0.5, 0.6) is 0 Å². The highest BCUT2D eigenvalue weighted by Gasteiger charge is 2.11. The lowest BCUT2D eigenvalue weighted by atomic mass is 10.2. The van der Waals surface area contributed by atoms with Gasteiger partial charge in [-0.1, -0.05) is 0 Å². The number of nitrogens with zero attached hydrogens (tertiary/aromatic N) is 2. The number of aryl methyl sites for hydroxylation is 3. The molecule has 0 aliphatic heterocycles. The van der Waals surface area contributed by atoms with E-state index in [2.05, 4.69) is 27.2 Å². The lowest BCUT2D eigenvalue weighted by molar-refractivity contribution is 1.08. The Morgan fingerprint density at radius 3 is 2.50 bits per heavy atom. The van der Waals surface area contributed by atoms with Gasteiger partial charge in [0.25, 0.3) is 0 Å². The Morgan fingerprint density at radius 1 is 1.14 bits per heavy atom. The van der Waals surface area contributed by atoms with E-state index in [0.29, 0.717) is 0 Å². The largest absolute Gasteiger partial charge is 0.372 e. The van der Waals surface area contributed by atoms with Crippen LogP contribution >= 0.6 is 0 Å². The summed E-state index contributed by atoms with van der Waals surface area (Å²) in [5.41, 5.74) is 3.28. The number of aromatic amines is 1. The molecule has 0 amide bonds. The van der Waals surface area contributed by atoms with Gasteiger partial charge in [0.2, 0.25) is 0 Å². The van der Waals surface area contributed by atoms with E-state index >= 15 is 0 Å². The first-order chi connectivity index (χ1) is 6.63. The second-order valence-electron chi connectivity index (χ2n) is 3.47. The summed E-state index contributed by atoms with van der Waals surface area (Å²) >= 11 is 0. The second kappa shape index (κ2) is 2.97. The highest BCUT2D eigenvalue weighted by atomic mass is 15.0. The van der Waals surface area contributed by atoms with Crippen LogP contribution in [-0.2, 0) is 0 Å². The van der Waals surface area contributed by atoms with Crippen molar-refractivity contribution in [3.8, 4) is 0 Å². The molecule has 2 N–H and O–H groups in total. The molecule has 0 saturated carbocycles. The molecule has 4 heteroatoms. The predicted molar refractivity (Wildman–Crippen MR) is 57.6 cm³/mol. The Kier molecular flexibility index (Phi) is 1.91. The Hall–Kier alpha value is -1.58. The molecule has 74 valence electrons. The van der Waals surface area contributed by atoms with Crippen molar-refractivity contribution in [2.75, 3.05) is 12.4 Å². The molecule has 2 aromatic heterocycles. The monoisotopic (exact) mass is 190 g/mol. The molecule has 2 rings (SSSR count). The smallest absolute Gasteiger partial charge is 0.143 e. The topological polar surface area (TPSA) is 53.6 Å². The molecule has 0 radical (unpaired) electrons. The molecule has 0 fully saturated rings. The summed E-state index contributed by atoms with van der Waals surface area (Å²) in [6.07, 6.45) is 0. The molecule has 4 nitrogen and oxygen atoms in total. The van der Waals surface area contributed by atoms with Crippen molar-refractivity contribution in [3.63, 3.8) is 0 Å². The third-order valence-electron chi connectivity index (χ3n) is 2.50. The molecule has 14 heavy (non-hydrogen) atoms. The maximum atomic E-state index is 4.36. The van der Waals surface area contributed by atoms with E-state index in [1.807, 2.05) is 20.9 Å². The maximum absolute atomic E-state index is 4.36. The van der Waals surface area contributed by atoms with Gasteiger partial charge < -0.3 is 10.3 Å². The van der Waals surface area contributed by atoms with Crippen LogP contribution in [0.1, 0.15) is 17.1 Å². The number of rotatable bonds is 1. The number of hydrogen-bond donors (Lipinski definition) is 2. The Balaban J connectivity index is 2.88. The summed E-state index contributed by atoms with van der Waals surface area (Å²) in [4.78, 5) is 12.0. The van der Waals surface area contributed by atoms with Crippen molar-refractivity contribution >= 4 is 16.9 Å². The van der Waals surface area contributed by atoms with Gasteiger partial charge in [0.15, 0.2) is 0 Å². The van der Waals surface area contributed by atoms with E-state index < -0.39 is 0 Å². The summed E-state index contributed by atoms with van der Waals surface area (Å²) in [5.74, 6) is 1.68. The van der Waals surface area contributed by atoms with Crippen LogP contribution in [0.4, 0.5) is 5.82 Å². The predicted octanol–water partition coefficient (Wildman–Crippen LogP) is 1.92. The quantitative estimate of drug-likeness (QED) is 0.722. The third-order valence-corrected chi connectivity index (χ3v) is 2.50. The van der Waals surface area contributed by atoms with Gasteiger partial charge in [0, 0.05) is 12.7 Å². The van der Waals surface area contributed by atoms with Gasteiger partial charge in [-0.25, -0.2) is 9.97 Å². The maximum Gasteiger partial charge on any atom is 0.143 e. The van der Waals surface area contributed by atoms with Crippen LogP contribution in [0.25, 0.3) is 11.0 Å². The van der Waals surface area contributed by atoms with Crippen molar-refractivity contribution in [1.82, 2.24) is 15.0 Å². The van der Waals surface area contributed by atoms with E-state index in [0.717, 1.165) is 28.4 Å². The molecular formula is C10H14N4. The number of hydrogen-bond acceptors (Lipinski definition) is 3. The Bertz CT molecular complexity index is 484. The van der Waals surface area contributed by atoms with Gasteiger partial charge in [0.1, 0.15) is 17.3 Å². The Morgan fingerprint density at radius 2 is 1.86 bits per heavy atom. The average Bonchev–Trinajstić information content (AvgIpc) is 2.41. The molecule has 0 aliphatic carbocycles. The van der Waals surface area contributed by atoms with Crippen LogP contribution < -0.4 is 5.32 Å². The lowest BCUT2D eigenvalue weighted by Gasteiger charge is -2.02. The minimum absolute atomic E-state index is 0.781. The molecular weight excluding hydrogens is 176 g/mol. The van der Waals surface area contributed by atoms with E-state index in [1.165, 1.54) is 5.56 Å². The molecule has 0 atom stereocenters. The van der Waals surface area contributed by atoms with Crippen LogP contribution in [0.2, 0.25) is 0 Å². The van der Waals surface area contributed by atoms with Crippen molar-refractivity contribution in [2.24, 2.45) is 0 Å². The number of H-pyrrole nitrogens is 1. The summed E-state index contributed by atoms with van der Waals surface area (Å²) in [6, 6.07) is 0. The van der Waals surface area contributed by atoms with Crippen LogP contribution in [0.3, 0.4) is 0 Å². The van der Waals surface area contributed by atoms with Crippen LogP contribution in [0, 0.1) is 20.8 Å². The zero-order chi connectivity index (χ0) is 10.3. The summed E-state index contributed by atoms with van der Waals surface area (Å²) in [7, 11) is 1.88. The fraction of sp³-hybridized carbons (Fsp3) is 0.400. The Labute approximate surface area is 82.8 Å². The van der Waals surface area contributed by atoms with Crippen molar-refractivity contribution in [2.45, 2.75) is 20.8 Å². The molecule has 0 aromatic carbocycles. The minimum Gasteiger partial charge on any atom is -0.372 e. The number of aromatic nitrogens is 3. The lowest BCUT2D eigenvalue weighted by Crippen LogP contribution is -1.97. The molecule has 2 heterocycles. The first kappa shape index (κ1) is 8.99. The van der Waals surface area contributed by atoms with Gasteiger partial charge in [-0.3, -0.25) is 0 Å². The van der Waals surface area contributed by atoms with Crippen molar-refractivity contribution in [1.29, 1.82) is 0 Å². The second-order valence-corrected chi connectivity index (χ2v) is 3.47. The first-order valence-electron chi connectivity index (χ1n) is 4.64. The van der Waals surface area contributed by atoms with Crippen LogP contribution in [0.15, 0.2) is 0 Å². The molecule has 0 unspecified atom stereocenters. The number of nitrogens with one attached hydrogen (secondary N) is 2. The van der Waals surface area contributed by atoms with Gasteiger partial charge in [0.05, 0.1) is 5.39 Å². The standard InChI is InChI=1S/C10H14N4/c1-5-6(2)12-10-8(5)9(11-4)13-7(3)14-10/h1-4H3,(H2,11,12,13,14). The van der Waals surface area contributed by atoms with Gasteiger partial charge in [-0.2, -0.15) is 0 Å². The molecule has 2 aromatic rings. The first-order valence-corrected chi connectivity index (χ1v) is 4.64. The van der Waals surface area contributed by atoms with E-state index in [9.17, 15) is 0 Å². The van der Waals surface area contributed by atoms with Gasteiger partial charge in [-0.15, -0.1) is 0 Å².